The van der Waals surface area contributed by atoms with Gasteiger partial charge in [0.05, 0.1) is 11.6 Å². The van der Waals surface area contributed by atoms with Crippen LogP contribution in [0.25, 0.3) is 0 Å². The van der Waals surface area contributed by atoms with Crippen LogP contribution in [0.4, 0.5) is 5.82 Å². The van der Waals surface area contributed by atoms with Gasteiger partial charge >= 0.3 is 0 Å². The van der Waals surface area contributed by atoms with E-state index < -0.39 is 0 Å². The Bertz CT molecular complexity index is 472. The van der Waals surface area contributed by atoms with Gasteiger partial charge in [0.25, 0.3) is 0 Å². The third-order valence-corrected chi connectivity index (χ3v) is 3.13. The molecule has 0 atom stereocenters. The molecule has 5 nitrogen and oxygen atoms in total. The predicted molar refractivity (Wildman–Crippen MR) is 68.0 cm³/mol. The molecular weight excluding hydrogens is 228 g/mol. The highest BCUT2D eigenvalue weighted by atomic mass is 16.2. The standard InChI is InChI=1S/C13H16N4O/c1-2-13(18)17-7-5-16(6-8-17)12-9-11(10-14)3-4-15-12/h3-4,9H,2,5-8H2,1H3. The number of anilines is 1. The molecule has 5 heteroatoms. The smallest absolute Gasteiger partial charge is 0.222 e. The fraction of sp³-hybridized carbons (Fsp3) is 0.462. The Kier molecular flexibility index (Phi) is 3.78. The number of piperazine rings is 1. The van der Waals surface area contributed by atoms with Crippen molar-refractivity contribution in [2.45, 2.75) is 13.3 Å². The largest absolute Gasteiger partial charge is 0.353 e. The summed E-state index contributed by atoms with van der Waals surface area (Å²) in [6, 6.07) is 5.60. The van der Waals surface area contributed by atoms with Gasteiger partial charge in [-0.3, -0.25) is 4.79 Å². The van der Waals surface area contributed by atoms with Crippen LogP contribution in [0.2, 0.25) is 0 Å². The third kappa shape index (κ3) is 2.59. The second kappa shape index (κ2) is 5.50. The third-order valence-electron chi connectivity index (χ3n) is 3.13. The van der Waals surface area contributed by atoms with Crippen LogP contribution in [-0.2, 0) is 4.79 Å². The van der Waals surface area contributed by atoms with Crippen molar-refractivity contribution < 1.29 is 4.79 Å². The molecule has 0 aromatic carbocycles. The molecule has 1 saturated heterocycles. The van der Waals surface area contributed by atoms with E-state index in [1.807, 2.05) is 11.8 Å². The molecule has 1 aromatic heterocycles. The zero-order valence-electron chi connectivity index (χ0n) is 10.5. The number of nitriles is 1. The summed E-state index contributed by atoms with van der Waals surface area (Å²) in [7, 11) is 0. The van der Waals surface area contributed by atoms with Crippen molar-refractivity contribution in [3.05, 3.63) is 23.9 Å². The van der Waals surface area contributed by atoms with E-state index in [1.54, 1.807) is 18.3 Å². The van der Waals surface area contributed by atoms with Crippen molar-refractivity contribution >= 4 is 11.7 Å². The van der Waals surface area contributed by atoms with E-state index in [-0.39, 0.29) is 5.91 Å². The van der Waals surface area contributed by atoms with E-state index in [2.05, 4.69) is 16.0 Å². The minimum absolute atomic E-state index is 0.202. The average Bonchev–Trinajstić information content (AvgIpc) is 2.46. The van der Waals surface area contributed by atoms with Gasteiger partial charge in [0.15, 0.2) is 0 Å². The van der Waals surface area contributed by atoms with E-state index >= 15 is 0 Å². The van der Waals surface area contributed by atoms with Crippen LogP contribution in [0.1, 0.15) is 18.9 Å². The van der Waals surface area contributed by atoms with Crippen LogP contribution in [0.15, 0.2) is 18.3 Å². The van der Waals surface area contributed by atoms with E-state index in [1.165, 1.54) is 0 Å². The van der Waals surface area contributed by atoms with Crippen LogP contribution < -0.4 is 4.90 Å². The number of carbonyl (C=O) groups is 1. The molecular formula is C13H16N4O. The monoisotopic (exact) mass is 244 g/mol. The second-order valence-corrected chi connectivity index (χ2v) is 4.24. The Morgan fingerprint density at radius 2 is 2.17 bits per heavy atom. The molecule has 0 aliphatic carbocycles. The highest BCUT2D eigenvalue weighted by Crippen LogP contribution is 2.15. The lowest BCUT2D eigenvalue weighted by molar-refractivity contribution is -0.131. The SMILES string of the molecule is CCC(=O)N1CCN(c2cc(C#N)ccn2)CC1. The number of carbonyl (C=O) groups excluding carboxylic acids is 1. The molecule has 94 valence electrons. The number of aromatic nitrogens is 1. The van der Waals surface area contributed by atoms with E-state index in [0.717, 1.165) is 32.0 Å². The average molecular weight is 244 g/mol. The van der Waals surface area contributed by atoms with Crippen LogP contribution >= 0.6 is 0 Å². The lowest BCUT2D eigenvalue weighted by Gasteiger charge is -2.35. The Balaban J connectivity index is 2.01. The molecule has 0 saturated carbocycles. The molecule has 1 aliphatic heterocycles. The number of amides is 1. The predicted octanol–water partition coefficient (Wildman–Crippen LogP) is 1.01. The van der Waals surface area contributed by atoms with Crippen molar-refractivity contribution in [3.8, 4) is 6.07 Å². The topological polar surface area (TPSA) is 60.2 Å². The zero-order chi connectivity index (χ0) is 13.0. The summed E-state index contributed by atoms with van der Waals surface area (Å²) in [5.74, 6) is 1.02. The quantitative estimate of drug-likeness (QED) is 0.779. The minimum Gasteiger partial charge on any atom is -0.353 e. The maximum absolute atomic E-state index is 11.6. The van der Waals surface area contributed by atoms with Crippen LogP contribution in [0.3, 0.4) is 0 Å². The Morgan fingerprint density at radius 3 is 2.78 bits per heavy atom. The van der Waals surface area contributed by atoms with E-state index in [0.29, 0.717) is 12.0 Å². The molecule has 0 radical (unpaired) electrons. The molecule has 0 bridgehead atoms. The molecule has 1 aromatic rings. The van der Waals surface area contributed by atoms with Crippen molar-refractivity contribution in [2.75, 3.05) is 31.1 Å². The van der Waals surface area contributed by atoms with Gasteiger partial charge in [-0.2, -0.15) is 5.26 Å². The summed E-state index contributed by atoms with van der Waals surface area (Å²) >= 11 is 0. The fourth-order valence-electron chi connectivity index (χ4n) is 2.07. The highest BCUT2D eigenvalue weighted by molar-refractivity contribution is 5.76. The summed E-state index contributed by atoms with van der Waals surface area (Å²) in [5.41, 5.74) is 0.618. The van der Waals surface area contributed by atoms with Gasteiger partial charge in [0.1, 0.15) is 5.82 Å². The van der Waals surface area contributed by atoms with Gasteiger partial charge in [0, 0.05) is 38.8 Å². The van der Waals surface area contributed by atoms with Gasteiger partial charge in [-0.15, -0.1) is 0 Å². The van der Waals surface area contributed by atoms with Crippen molar-refractivity contribution in [2.24, 2.45) is 0 Å². The minimum atomic E-state index is 0.202. The van der Waals surface area contributed by atoms with Gasteiger partial charge < -0.3 is 9.80 Å². The molecule has 0 spiro atoms. The Labute approximate surface area is 107 Å². The molecule has 2 heterocycles. The Morgan fingerprint density at radius 1 is 1.44 bits per heavy atom. The fourth-order valence-corrected chi connectivity index (χ4v) is 2.07. The first-order chi connectivity index (χ1) is 8.74. The summed E-state index contributed by atoms with van der Waals surface area (Å²) in [6.45, 7) is 4.88. The van der Waals surface area contributed by atoms with Crippen LogP contribution in [-0.4, -0.2) is 42.0 Å². The normalized spacial score (nSPS) is 15.3. The zero-order valence-corrected chi connectivity index (χ0v) is 10.5. The second-order valence-electron chi connectivity index (χ2n) is 4.24. The van der Waals surface area contributed by atoms with Gasteiger partial charge in [-0.1, -0.05) is 6.92 Å². The van der Waals surface area contributed by atoms with Gasteiger partial charge in [-0.05, 0) is 12.1 Å². The van der Waals surface area contributed by atoms with E-state index in [4.69, 9.17) is 5.26 Å². The Hall–Kier alpha value is -2.09. The lowest BCUT2D eigenvalue weighted by Crippen LogP contribution is -2.48. The number of hydrogen-bond acceptors (Lipinski definition) is 4. The number of rotatable bonds is 2. The molecule has 1 aliphatic rings. The molecule has 1 amide bonds. The molecule has 2 rings (SSSR count). The maximum Gasteiger partial charge on any atom is 0.222 e. The first-order valence-corrected chi connectivity index (χ1v) is 6.13. The number of nitrogens with zero attached hydrogens (tertiary/aromatic N) is 4. The summed E-state index contributed by atoms with van der Waals surface area (Å²) < 4.78 is 0. The van der Waals surface area contributed by atoms with Crippen LogP contribution in [0, 0.1) is 11.3 Å². The van der Waals surface area contributed by atoms with Crippen LogP contribution in [0.5, 0.6) is 0 Å². The molecule has 1 fully saturated rings. The summed E-state index contributed by atoms with van der Waals surface area (Å²) in [4.78, 5) is 19.8. The van der Waals surface area contributed by atoms with E-state index in [9.17, 15) is 4.79 Å². The molecule has 0 unspecified atom stereocenters. The van der Waals surface area contributed by atoms with Crippen molar-refractivity contribution in [3.63, 3.8) is 0 Å². The van der Waals surface area contributed by atoms with Crippen molar-refractivity contribution in [1.29, 1.82) is 5.26 Å². The molecule has 0 N–H and O–H groups in total. The summed E-state index contributed by atoms with van der Waals surface area (Å²) in [5, 5.41) is 8.86. The molecule has 18 heavy (non-hydrogen) atoms. The van der Waals surface area contributed by atoms with Crippen molar-refractivity contribution in [1.82, 2.24) is 9.88 Å². The number of pyridine rings is 1. The highest BCUT2D eigenvalue weighted by Gasteiger charge is 2.20. The maximum atomic E-state index is 11.6. The summed E-state index contributed by atoms with van der Waals surface area (Å²) in [6.07, 6.45) is 2.21. The first-order valence-electron chi connectivity index (χ1n) is 6.13. The van der Waals surface area contributed by atoms with Gasteiger partial charge in [-0.25, -0.2) is 4.98 Å². The number of hydrogen-bond donors (Lipinski definition) is 0. The van der Waals surface area contributed by atoms with Gasteiger partial charge in [0.2, 0.25) is 5.91 Å². The first kappa shape index (κ1) is 12.4. The lowest BCUT2D eigenvalue weighted by atomic mass is 10.2.